The van der Waals surface area contributed by atoms with E-state index in [0.29, 0.717) is 55.1 Å². The number of fused-ring (bicyclic) bond motifs is 2. The Hall–Kier alpha value is -4.94. The topological polar surface area (TPSA) is 131 Å². The van der Waals surface area contributed by atoms with Gasteiger partial charge in [-0.25, -0.2) is 4.79 Å². The first-order chi connectivity index (χ1) is 22.0. The summed E-state index contributed by atoms with van der Waals surface area (Å²) in [6.07, 6.45) is -1.06. The standard InChI is InChI=1S/C33H34N2O10/c1-23-30(32(37)35(34-23)24-9-3-2-4-10-24)31(36)33(38)45-25-21-43-28-13-7-5-11-26(28)41-19-17-39-15-16-40-18-20-42-27-12-6-8-14-29(27)44-22-25/h2-14,25,30H,15-22H2,1H3. The second kappa shape index (κ2) is 15.7. The number of ether oxygens (including phenoxy) is 7. The zero-order valence-corrected chi connectivity index (χ0v) is 24.8. The highest BCUT2D eigenvalue weighted by molar-refractivity contribution is 6.46. The van der Waals surface area contributed by atoms with Crippen molar-refractivity contribution >= 4 is 29.1 Å². The van der Waals surface area contributed by atoms with Gasteiger partial charge in [-0.05, 0) is 43.3 Å². The van der Waals surface area contributed by atoms with Crippen LogP contribution in [0.5, 0.6) is 23.0 Å². The summed E-state index contributed by atoms with van der Waals surface area (Å²) >= 11 is 0. The van der Waals surface area contributed by atoms with Gasteiger partial charge in [-0.3, -0.25) is 9.59 Å². The van der Waals surface area contributed by atoms with Gasteiger partial charge in [0.2, 0.25) is 0 Å². The molecule has 12 nitrogen and oxygen atoms in total. The van der Waals surface area contributed by atoms with E-state index in [1.807, 2.05) is 0 Å². The minimum Gasteiger partial charge on any atom is -0.487 e. The Morgan fingerprint density at radius 3 is 1.69 bits per heavy atom. The highest BCUT2D eigenvalue weighted by Crippen LogP contribution is 2.29. The zero-order chi connectivity index (χ0) is 31.4. The van der Waals surface area contributed by atoms with Crippen molar-refractivity contribution < 1.29 is 47.5 Å². The van der Waals surface area contributed by atoms with E-state index < -0.39 is 29.7 Å². The molecule has 12 heteroatoms. The van der Waals surface area contributed by atoms with Crippen LogP contribution in [0, 0.1) is 5.92 Å². The smallest absolute Gasteiger partial charge is 0.376 e. The fraction of sp³-hybridized carbons (Fsp3) is 0.333. The van der Waals surface area contributed by atoms with E-state index in [-0.39, 0.29) is 32.1 Å². The van der Waals surface area contributed by atoms with Crippen LogP contribution in [0.4, 0.5) is 5.69 Å². The normalized spacial score (nSPS) is 18.6. The van der Waals surface area contributed by atoms with Crippen molar-refractivity contribution in [1.29, 1.82) is 0 Å². The Balaban J connectivity index is 1.32. The summed E-state index contributed by atoms with van der Waals surface area (Å²) in [5.74, 6) is -2.60. The number of hydrogen-bond acceptors (Lipinski definition) is 11. The summed E-state index contributed by atoms with van der Waals surface area (Å²) in [6.45, 7) is 3.15. The number of nitrogens with zero attached hydrogens (tertiary/aromatic N) is 2. The molecule has 0 radical (unpaired) electrons. The van der Waals surface area contributed by atoms with Gasteiger partial charge in [-0.2, -0.15) is 10.1 Å². The van der Waals surface area contributed by atoms with Crippen LogP contribution in [0.1, 0.15) is 6.92 Å². The molecule has 2 aliphatic heterocycles. The minimum absolute atomic E-state index is 0.184. The molecule has 0 spiro atoms. The summed E-state index contributed by atoms with van der Waals surface area (Å²) in [5.41, 5.74) is 0.663. The summed E-state index contributed by atoms with van der Waals surface area (Å²) in [7, 11) is 0. The van der Waals surface area contributed by atoms with Gasteiger partial charge in [-0.1, -0.05) is 42.5 Å². The summed E-state index contributed by atoms with van der Waals surface area (Å²) in [6, 6.07) is 22.7. The average Bonchev–Trinajstić information content (AvgIpc) is 3.36. The van der Waals surface area contributed by atoms with Gasteiger partial charge < -0.3 is 33.2 Å². The minimum atomic E-state index is -1.41. The number of carbonyl (C=O) groups is 3. The Kier molecular flexibility index (Phi) is 11.0. The van der Waals surface area contributed by atoms with Crippen LogP contribution in [-0.4, -0.2) is 82.3 Å². The van der Waals surface area contributed by atoms with Crippen molar-refractivity contribution in [1.82, 2.24) is 0 Å². The van der Waals surface area contributed by atoms with Gasteiger partial charge >= 0.3 is 5.97 Å². The van der Waals surface area contributed by atoms with E-state index in [9.17, 15) is 14.4 Å². The number of anilines is 1. The van der Waals surface area contributed by atoms with Crippen molar-refractivity contribution in [3.63, 3.8) is 0 Å². The third-order valence-corrected chi connectivity index (χ3v) is 6.76. The molecule has 2 heterocycles. The number of para-hydroxylation sites is 5. The van der Waals surface area contributed by atoms with Crippen LogP contribution in [-0.2, 0) is 28.6 Å². The van der Waals surface area contributed by atoms with E-state index in [1.54, 1.807) is 78.9 Å². The SMILES string of the molecule is CC1=NN(c2ccccc2)C(=O)C1C(=O)C(=O)OC1COc2ccccc2OCCOCCOCCOc2ccccc2OC1. The molecule has 0 saturated carbocycles. The number of hydrogen-bond donors (Lipinski definition) is 0. The first-order valence-electron chi connectivity index (χ1n) is 14.5. The molecule has 5 rings (SSSR count). The van der Waals surface area contributed by atoms with Crippen LogP contribution in [0.25, 0.3) is 0 Å². The summed E-state index contributed by atoms with van der Waals surface area (Å²) < 4.78 is 40.4. The van der Waals surface area contributed by atoms with Crippen LogP contribution < -0.4 is 24.0 Å². The molecule has 3 aromatic rings. The second-order valence-corrected chi connectivity index (χ2v) is 9.99. The molecular formula is C33H34N2O10. The summed E-state index contributed by atoms with van der Waals surface area (Å²) in [5, 5.41) is 5.33. The van der Waals surface area contributed by atoms with E-state index in [2.05, 4.69) is 5.10 Å². The molecule has 45 heavy (non-hydrogen) atoms. The lowest BCUT2D eigenvalue weighted by atomic mass is 9.99. The van der Waals surface area contributed by atoms with Crippen LogP contribution >= 0.6 is 0 Å². The van der Waals surface area contributed by atoms with E-state index >= 15 is 0 Å². The monoisotopic (exact) mass is 618 g/mol. The highest BCUT2D eigenvalue weighted by Gasteiger charge is 2.43. The quantitative estimate of drug-likeness (QED) is 0.243. The van der Waals surface area contributed by atoms with Crippen LogP contribution in [0.3, 0.4) is 0 Å². The van der Waals surface area contributed by atoms with Crippen molar-refractivity contribution in [2.45, 2.75) is 13.0 Å². The Morgan fingerprint density at radius 1 is 0.689 bits per heavy atom. The fourth-order valence-electron chi connectivity index (χ4n) is 4.55. The molecule has 0 saturated heterocycles. The van der Waals surface area contributed by atoms with Gasteiger partial charge in [0.15, 0.2) is 35.0 Å². The van der Waals surface area contributed by atoms with E-state index in [4.69, 9.17) is 33.2 Å². The molecule has 0 N–H and O–H groups in total. The first-order valence-corrected chi connectivity index (χ1v) is 14.5. The molecule has 2 aliphatic rings. The molecule has 0 bridgehead atoms. The lowest BCUT2D eigenvalue weighted by Gasteiger charge is -2.21. The Labute approximate surface area is 260 Å². The van der Waals surface area contributed by atoms with Gasteiger partial charge in [0.25, 0.3) is 11.7 Å². The number of rotatable bonds is 4. The second-order valence-electron chi connectivity index (χ2n) is 9.99. The lowest BCUT2D eigenvalue weighted by Crippen LogP contribution is -2.40. The van der Waals surface area contributed by atoms with Crippen LogP contribution in [0.2, 0.25) is 0 Å². The molecule has 3 aromatic carbocycles. The summed E-state index contributed by atoms with van der Waals surface area (Å²) in [4.78, 5) is 39.6. The zero-order valence-electron chi connectivity index (χ0n) is 24.8. The fourth-order valence-corrected chi connectivity index (χ4v) is 4.55. The Morgan fingerprint density at radius 2 is 1.16 bits per heavy atom. The van der Waals surface area contributed by atoms with Gasteiger partial charge in [-0.15, -0.1) is 0 Å². The van der Waals surface area contributed by atoms with Crippen molar-refractivity contribution in [2.75, 3.05) is 57.9 Å². The van der Waals surface area contributed by atoms with Gasteiger partial charge in [0.1, 0.15) is 26.4 Å². The molecule has 0 aromatic heterocycles. The number of hydrazone groups is 1. The van der Waals surface area contributed by atoms with Crippen LogP contribution in [0.15, 0.2) is 84.0 Å². The van der Waals surface area contributed by atoms with Gasteiger partial charge in [0.05, 0.1) is 37.8 Å². The molecule has 1 atom stereocenters. The number of amides is 1. The Bertz CT molecular complexity index is 1440. The molecule has 0 fully saturated rings. The van der Waals surface area contributed by atoms with E-state index in [1.165, 1.54) is 6.92 Å². The molecule has 1 unspecified atom stereocenters. The van der Waals surface area contributed by atoms with Gasteiger partial charge in [0, 0.05) is 0 Å². The number of ketones is 1. The number of carbonyl (C=O) groups excluding carboxylic acids is 3. The maximum atomic E-state index is 13.3. The number of benzene rings is 3. The number of esters is 1. The lowest BCUT2D eigenvalue weighted by molar-refractivity contribution is -0.161. The van der Waals surface area contributed by atoms with Crippen molar-refractivity contribution in [3.8, 4) is 23.0 Å². The average molecular weight is 619 g/mol. The molecular weight excluding hydrogens is 584 g/mol. The third-order valence-electron chi connectivity index (χ3n) is 6.76. The van der Waals surface area contributed by atoms with E-state index in [0.717, 1.165) is 5.01 Å². The molecule has 236 valence electrons. The number of Topliss-reactive ketones (excluding diaryl/α,β-unsaturated/α-hetero) is 1. The molecule has 0 aliphatic carbocycles. The van der Waals surface area contributed by atoms with Crippen molar-refractivity contribution in [2.24, 2.45) is 11.0 Å². The van der Waals surface area contributed by atoms with Crippen molar-refractivity contribution in [3.05, 3.63) is 78.9 Å². The third kappa shape index (κ3) is 8.37. The molecule has 1 amide bonds. The maximum Gasteiger partial charge on any atom is 0.376 e. The largest absolute Gasteiger partial charge is 0.487 e. The maximum absolute atomic E-state index is 13.3. The predicted molar refractivity (Wildman–Crippen MR) is 162 cm³/mol. The predicted octanol–water partition coefficient (Wildman–Crippen LogP) is 3.47. The first kappa shape index (κ1) is 31.5. The highest BCUT2D eigenvalue weighted by atomic mass is 16.6.